The Morgan fingerprint density at radius 1 is 0.969 bits per heavy atom. The number of amides is 3. The van der Waals surface area contributed by atoms with Gasteiger partial charge in [-0.2, -0.15) is 0 Å². The molecular weight excluding hydrogens is 433 g/mol. The van der Waals surface area contributed by atoms with Crippen LogP contribution in [0.1, 0.15) is 36.3 Å². The smallest absolute Gasteiger partial charge is 0.317 e. The monoisotopic (exact) mass is 451 g/mol. The van der Waals surface area contributed by atoms with Crippen LogP contribution in [-0.4, -0.2) is 42.5 Å². The topological polar surface area (TPSA) is 99.3 Å². The van der Waals surface area contributed by atoms with Gasteiger partial charge in [-0.25, -0.2) is 9.18 Å². The van der Waals surface area contributed by atoms with Gasteiger partial charge < -0.3 is 9.88 Å². The second-order valence-electron chi connectivity index (χ2n) is 8.49. The molecule has 1 aliphatic heterocycles. The van der Waals surface area contributed by atoms with Gasteiger partial charge in [-0.15, -0.1) is 10.2 Å². The molecule has 2 saturated carbocycles. The van der Waals surface area contributed by atoms with Crippen molar-refractivity contribution in [3.05, 3.63) is 69.2 Å². The lowest BCUT2D eigenvalue weighted by Gasteiger charge is -2.26. The maximum absolute atomic E-state index is 13.5. The Morgan fingerprint density at radius 2 is 1.69 bits per heavy atom. The number of rotatable bonds is 5. The molecule has 3 fully saturated rings. The van der Waals surface area contributed by atoms with Crippen molar-refractivity contribution in [3.63, 3.8) is 0 Å². The number of hydrogen-bond donors (Lipinski definition) is 1. The lowest BCUT2D eigenvalue weighted by Crippen LogP contribution is -2.41. The number of halogens is 1. The molecule has 1 N–H and O–H groups in total. The van der Waals surface area contributed by atoms with Crippen LogP contribution >= 0.6 is 11.3 Å². The lowest BCUT2D eigenvalue weighted by atomic mass is 10.0. The number of nitrogens with one attached hydrogen (secondary N) is 1. The average Bonchev–Trinajstić information content (AvgIpc) is 3.71. The van der Waals surface area contributed by atoms with Crippen LogP contribution in [0, 0.1) is 5.82 Å². The number of H-pyrrole nitrogens is 1. The summed E-state index contributed by atoms with van der Waals surface area (Å²) >= 11 is 1.20. The number of carbonyl (C=O) groups excluding carboxylic acids is 2. The van der Waals surface area contributed by atoms with E-state index in [1.54, 1.807) is 4.90 Å². The molecule has 10 heteroatoms. The highest BCUT2D eigenvalue weighted by molar-refractivity contribution is 7.14. The van der Waals surface area contributed by atoms with E-state index in [9.17, 15) is 18.8 Å². The first kappa shape index (κ1) is 19.3. The fraction of sp³-hybridized carbons (Fsp3) is 0.318. The molecule has 3 aliphatic rings. The van der Waals surface area contributed by atoms with Gasteiger partial charge in [-0.1, -0.05) is 41.7 Å². The molecule has 0 radical (unpaired) electrons. The summed E-state index contributed by atoms with van der Waals surface area (Å²) in [5.41, 5.74) is -0.842. The minimum atomic E-state index is -0.872. The summed E-state index contributed by atoms with van der Waals surface area (Å²) in [6, 6.07) is 11.9. The van der Waals surface area contributed by atoms with E-state index >= 15 is 0 Å². The van der Waals surface area contributed by atoms with Gasteiger partial charge >= 0.3 is 6.03 Å². The highest BCUT2D eigenvalue weighted by Gasteiger charge is 2.70. The van der Waals surface area contributed by atoms with E-state index in [0.717, 1.165) is 24.5 Å². The predicted octanol–water partition coefficient (Wildman–Crippen LogP) is 3.02. The normalized spacial score (nSPS) is 20.3. The number of aromatic nitrogens is 3. The first-order valence-corrected chi connectivity index (χ1v) is 11.2. The van der Waals surface area contributed by atoms with Gasteiger partial charge in [0.2, 0.25) is 0 Å². The van der Waals surface area contributed by atoms with Gasteiger partial charge in [0.25, 0.3) is 11.5 Å². The Hall–Kier alpha value is -3.40. The molecule has 0 atom stereocenters. The number of nitrogens with zero attached hydrogens (tertiary/aromatic N) is 4. The van der Waals surface area contributed by atoms with Crippen molar-refractivity contribution >= 4 is 23.3 Å². The Bertz CT molecular complexity index is 1310. The fourth-order valence-electron chi connectivity index (χ4n) is 4.56. The third kappa shape index (κ3) is 2.68. The van der Waals surface area contributed by atoms with Gasteiger partial charge in [0.1, 0.15) is 10.5 Å². The van der Waals surface area contributed by atoms with Crippen LogP contribution in [0.4, 0.5) is 9.18 Å². The molecule has 162 valence electrons. The third-order valence-electron chi connectivity index (χ3n) is 6.58. The summed E-state index contributed by atoms with van der Waals surface area (Å²) in [4.78, 5) is 44.0. The molecule has 1 saturated heterocycles. The summed E-state index contributed by atoms with van der Waals surface area (Å²) < 4.78 is 13.3. The molecule has 3 aromatic rings. The second kappa shape index (κ2) is 6.55. The van der Waals surface area contributed by atoms with Gasteiger partial charge in [0.05, 0.1) is 17.8 Å². The summed E-state index contributed by atoms with van der Waals surface area (Å²) in [6.45, 7) is 0.162. The number of hydrogen-bond acceptors (Lipinski definition) is 6. The van der Waals surface area contributed by atoms with E-state index in [1.165, 1.54) is 22.3 Å². The van der Waals surface area contributed by atoms with E-state index < -0.39 is 22.5 Å². The van der Waals surface area contributed by atoms with E-state index in [2.05, 4.69) is 15.2 Å². The van der Waals surface area contributed by atoms with Gasteiger partial charge in [-0.3, -0.25) is 14.5 Å². The molecule has 8 nitrogen and oxygen atoms in total. The Balaban J connectivity index is 1.29. The molecule has 3 amide bonds. The molecule has 2 aromatic heterocycles. The first-order chi connectivity index (χ1) is 15.4. The zero-order chi connectivity index (χ0) is 22.1. The van der Waals surface area contributed by atoms with Crippen molar-refractivity contribution in [1.82, 2.24) is 25.0 Å². The zero-order valence-electron chi connectivity index (χ0n) is 16.9. The van der Waals surface area contributed by atoms with E-state index in [0.29, 0.717) is 28.6 Å². The maximum atomic E-state index is 13.5. The predicted molar refractivity (Wildman–Crippen MR) is 113 cm³/mol. The van der Waals surface area contributed by atoms with Crippen LogP contribution in [0.2, 0.25) is 0 Å². The van der Waals surface area contributed by atoms with E-state index in [4.69, 9.17) is 0 Å². The molecule has 32 heavy (non-hydrogen) atoms. The summed E-state index contributed by atoms with van der Waals surface area (Å²) in [7, 11) is 0. The largest absolute Gasteiger partial charge is 0.328 e. The maximum Gasteiger partial charge on any atom is 0.328 e. The Kier molecular flexibility index (Phi) is 3.95. The Morgan fingerprint density at radius 3 is 2.34 bits per heavy atom. The number of urea groups is 1. The summed E-state index contributed by atoms with van der Waals surface area (Å²) in [5.74, 6) is -1.00. The highest BCUT2D eigenvalue weighted by atomic mass is 32.1. The molecule has 1 aromatic carbocycles. The minimum absolute atomic E-state index is 0.128. The van der Waals surface area contributed by atoms with Crippen molar-refractivity contribution in [2.24, 2.45) is 0 Å². The number of pyridine rings is 1. The van der Waals surface area contributed by atoms with Crippen LogP contribution in [0.25, 0.3) is 10.7 Å². The number of aromatic amines is 1. The number of benzene rings is 1. The quantitative estimate of drug-likeness (QED) is 0.601. The molecule has 2 aliphatic carbocycles. The van der Waals surface area contributed by atoms with Gasteiger partial charge in [-0.05, 0) is 43.4 Å². The summed E-state index contributed by atoms with van der Waals surface area (Å²) in [6.07, 6.45) is 2.80. The van der Waals surface area contributed by atoms with Crippen molar-refractivity contribution in [2.45, 2.75) is 43.3 Å². The number of carbonyl (C=O) groups is 2. The van der Waals surface area contributed by atoms with Crippen molar-refractivity contribution in [3.8, 4) is 10.7 Å². The van der Waals surface area contributed by atoms with Gasteiger partial charge in [0, 0.05) is 0 Å². The van der Waals surface area contributed by atoms with E-state index in [1.807, 2.05) is 30.3 Å². The van der Waals surface area contributed by atoms with Gasteiger partial charge in [0.15, 0.2) is 10.8 Å². The minimum Gasteiger partial charge on any atom is -0.317 e. The van der Waals surface area contributed by atoms with Crippen molar-refractivity contribution < 1.29 is 14.0 Å². The number of imide groups is 1. The molecule has 3 heterocycles. The molecular formula is C22H18FN5O3S. The van der Waals surface area contributed by atoms with Crippen molar-refractivity contribution in [2.75, 3.05) is 0 Å². The third-order valence-corrected chi connectivity index (χ3v) is 7.52. The molecule has 1 spiro atoms. The SMILES string of the molecule is O=C1N(Cc2nnc(-c3ccc(F)c(=O)[nH]3)s2)C2(CC2)C(=O)N1C1(c2ccccc2)CC1. The lowest BCUT2D eigenvalue weighted by molar-refractivity contribution is -0.131. The average molecular weight is 451 g/mol. The first-order valence-electron chi connectivity index (χ1n) is 10.4. The molecule has 0 unspecified atom stereocenters. The molecule has 6 rings (SSSR count). The van der Waals surface area contributed by atoms with Crippen molar-refractivity contribution in [1.29, 1.82) is 0 Å². The summed E-state index contributed by atoms with van der Waals surface area (Å²) in [5, 5.41) is 9.19. The van der Waals surface area contributed by atoms with Crippen LogP contribution in [-0.2, 0) is 16.9 Å². The van der Waals surface area contributed by atoms with Crippen LogP contribution in [0.3, 0.4) is 0 Å². The molecule has 0 bridgehead atoms. The van der Waals surface area contributed by atoms with Crippen LogP contribution in [0.5, 0.6) is 0 Å². The fourth-order valence-corrected chi connectivity index (χ4v) is 5.37. The Labute approximate surface area is 185 Å². The van der Waals surface area contributed by atoms with Crippen LogP contribution < -0.4 is 5.56 Å². The van der Waals surface area contributed by atoms with Crippen LogP contribution in [0.15, 0.2) is 47.3 Å². The zero-order valence-corrected chi connectivity index (χ0v) is 17.7. The van der Waals surface area contributed by atoms with E-state index in [-0.39, 0.29) is 18.5 Å². The second-order valence-corrected chi connectivity index (χ2v) is 9.55. The highest BCUT2D eigenvalue weighted by Crippen LogP contribution is 2.58. The standard InChI is InChI=1S/C22H18FN5O3S/c23-14-6-7-15(24-17(14)29)18-26-25-16(32-18)12-27-20(31)28(19(30)22(27)10-11-22)21(8-9-21)13-4-2-1-3-5-13/h1-7H,8-12H2,(H,24,29).